The van der Waals surface area contributed by atoms with Crippen molar-refractivity contribution in [1.82, 2.24) is 5.32 Å². The van der Waals surface area contributed by atoms with E-state index >= 15 is 0 Å². The van der Waals surface area contributed by atoms with E-state index in [1.54, 1.807) is 0 Å². The predicted molar refractivity (Wildman–Crippen MR) is 64.2 cm³/mol. The van der Waals surface area contributed by atoms with Gasteiger partial charge in [0.15, 0.2) is 0 Å². The summed E-state index contributed by atoms with van der Waals surface area (Å²) in [6.07, 6.45) is 10.1. The highest BCUT2D eigenvalue weighted by Crippen LogP contribution is 1.98. The Labute approximate surface area is 89.6 Å². The fourth-order valence-corrected chi connectivity index (χ4v) is 1.48. The molecule has 0 fully saturated rings. The molecule has 0 aliphatic carbocycles. The van der Waals surface area contributed by atoms with E-state index in [2.05, 4.69) is 12.2 Å². The topological polar surface area (TPSA) is 38.0 Å². The summed E-state index contributed by atoms with van der Waals surface area (Å²) in [4.78, 5) is 0. The Morgan fingerprint density at radius 2 is 1.36 bits per heavy atom. The van der Waals surface area contributed by atoms with Gasteiger partial charge in [0.1, 0.15) is 0 Å². The van der Waals surface area contributed by atoms with E-state index in [9.17, 15) is 0 Å². The quantitative estimate of drug-likeness (QED) is 0.502. The van der Waals surface area contributed by atoms with Gasteiger partial charge < -0.3 is 11.1 Å². The third-order valence-electron chi connectivity index (χ3n) is 2.41. The van der Waals surface area contributed by atoms with Crippen LogP contribution >= 0.6 is 0 Å². The van der Waals surface area contributed by atoms with Gasteiger partial charge in [0.05, 0.1) is 0 Å². The number of unbranched alkanes of at least 4 members (excludes halogenated alkanes) is 6. The summed E-state index contributed by atoms with van der Waals surface area (Å²) in [7, 11) is 0. The Morgan fingerprint density at radius 3 is 1.93 bits per heavy atom. The van der Waals surface area contributed by atoms with E-state index < -0.39 is 0 Å². The fourth-order valence-electron chi connectivity index (χ4n) is 1.48. The molecule has 0 bridgehead atoms. The Hall–Kier alpha value is -0.0800. The summed E-state index contributed by atoms with van der Waals surface area (Å²) >= 11 is 0. The van der Waals surface area contributed by atoms with Gasteiger partial charge in [-0.3, -0.25) is 0 Å². The molecule has 2 heteroatoms. The first kappa shape index (κ1) is 13.9. The van der Waals surface area contributed by atoms with Crippen molar-refractivity contribution in [2.24, 2.45) is 5.73 Å². The van der Waals surface area contributed by atoms with E-state index in [4.69, 9.17) is 5.73 Å². The van der Waals surface area contributed by atoms with E-state index in [0.29, 0.717) is 0 Å². The monoisotopic (exact) mass is 199 g/mol. The Morgan fingerprint density at radius 1 is 0.786 bits per heavy atom. The van der Waals surface area contributed by atoms with E-state index in [-0.39, 0.29) is 0 Å². The lowest BCUT2D eigenvalue weighted by Crippen LogP contribution is -2.16. The van der Waals surface area contributed by atoms with Crippen LogP contribution in [0.15, 0.2) is 0 Å². The van der Waals surface area contributed by atoms with Crippen molar-refractivity contribution >= 4 is 0 Å². The van der Waals surface area contributed by atoms with Crippen LogP contribution in [0.1, 0.15) is 51.4 Å². The second kappa shape index (κ2) is 12.9. The van der Waals surface area contributed by atoms with Gasteiger partial charge in [-0.15, -0.1) is 0 Å². The van der Waals surface area contributed by atoms with Crippen LogP contribution in [0.2, 0.25) is 0 Å². The molecular weight excluding hydrogens is 172 g/mol. The van der Waals surface area contributed by atoms with Gasteiger partial charge in [0, 0.05) is 0 Å². The highest BCUT2D eigenvalue weighted by atomic mass is 14.8. The van der Waals surface area contributed by atoms with Crippen LogP contribution in [0.4, 0.5) is 0 Å². The number of rotatable bonds is 11. The molecule has 3 N–H and O–H groups in total. The minimum absolute atomic E-state index is 0.846. The van der Waals surface area contributed by atoms with Gasteiger partial charge in [-0.25, -0.2) is 0 Å². The second-order valence-electron chi connectivity index (χ2n) is 3.87. The SMILES string of the molecule is [CH2]CCCCCNCCCCCCN. The average Bonchev–Trinajstić information content (AvgIpc) is 2.21. The molecule has 2 nitrogen and oxygen atoms in total. The second-order valence-corrected chi connectivity index (χ2v) is 3.87. The molecule has 0 saturated heterocycles. The highest BCUT2D eigenvalue weighted by Gasteiger charge is 1.90. The molecule has 0 spiro atoms. The zero-order valence-corrected chi connectivity index (χ0v) is 9.56. The molecule has 0 amide bonds. The molecule has 0 aromatic carbocycles. The lowest BCUT2D eigenvalue weighted by Gasteiger charge is -2.03. The molecule has 0 unspecified atom stereocenters. The first-order valence-corrected chi connectivity index (χ1v) is 6.12. The molecule has 14 heavy (non-hydrogen) atoms. The largest absolute Gasteiger partial charge is 0.330 e. The molecule has 0 aliphatic rings. The van der Waals surface area contributed by atoms with Crippen LogP contribution in [0.25, 0.3) is 0 Å². The molecule has 0 rings (SSSR count). The molecule has 0 saturated carbocycles. The number of nitrogens with two attached hydrogens (primary N) is 1. The normalized spacial score (nSPS) is 10.7. The lowest BCUT2D eigenvalue weighted by atomic mass is 10.2. The number of hydrogen-bond acceptors (Lipinski definition) is 2. The van der Waals surface area contributed by atoms with Crippen LogP contribution in [0.5, 0.6) is 0 Å². The van der Waals surface area contributed by atoms with Gasteiger partial charge in [-0.1, -0.05) is 39.0 Å². The van der Waals surface area contributed by atoms with Gasteiger partial charge in [0.25, 0.3) is 0 Å². The van der Waals surface area contributed by atoms with Crippen molar-refractivity contribution in [2.45, 2.75) is 51.4 Å². The average molecular weight is 199 g/mol. The molecule has 0 atom stereocenters. The maximum Gasteiger partial charge on any atom is -0.00489 e. The van der Waals surface area contributed by atoms with Gasteiger partial charge >= 0.3 is 0 Å². The Balaban J connectivity index is 2.78. The van der Waals surface area contributed by atoms with E-state index in [0.717, 1.165) is 13.0 Å². The molecule has 85 valence electrons. The summed E-state index contributed by atoms with van der Waals surface area (Å²) < 4.78 is 0. The van der Waals surface area contributed by atoms with E-state index in [1.165, 1.54) is 58.0 Å². The smallest absolute Gasteiger partial charge is 0.00489 e. The van der Waals surface area contributed by atoms with Crippen molar-refractivity contribution < 1.29 is 0 Å². The van der Waals surface area contributed by atoms with Crippen molar-refractivity contribution in [3.05, 3.63) is 6.92 Å². The Bertz CT molecular complexity index is 82.3. The fraction of sp³-hybridized carbons (Fsp3) is 0.917. The maximum absolute atomic E-state index is 5.42. The van der Waals surface area contributed by atoms with Crippen molar-refractivity contribution in [2.75, 3.05) is 19.6 Å². The third-order valence-corrected chi connectivity index (χ3v) is 2.41. The highest BCUT2D eigenvalue weighted by molar-refractivity contribution is 4.51. The third kappa shape index (κ3) is 11.9. The van der Waals surface area contributed by atoms with Gasteiger partial charge in [0.2, 0.25) is 0 Å². The maximum atomic E-state index is 5.42. The van der Waals surface area contributed by atoms with Crippen LogP contribution in [-0.4, -0.2) is 19.6 Å². The first-order valence-electron chi connectivity index (χ1n) is 6.12. The van der Waals surface area contributed by atoms with Gasteiger partial charge in [-0.05, 0) is 38.9 Å². The molecule has 0 aromatic heterocycles. The summed E-state index contributed by atoms with van der Waals surface area (Å²) in [5.74, 6) is 0. The summed E-state index contributed by atoms with van der Waals surface area (Å²) in [6, 6.07) is 0. The number of hydrogen-bond donors (Lipinski definition) is 2. The van der Waals surface area contributed by atoms with Crippen molar-refractivity contribution in [3.8, 4) is 0 Å². The summed E-state index contributed by atoms with van der Waals surface area (Å²) in [5, 5.41) is 3.47. The number of nitrogens with one attached hydrogen (secondary N) is 1. The molecule has 0 aliphatic heterocycles. The zero-order valence-electron chi connectivity index (χ0n) is 9.56. The van der Waals surface area contributed by atoms with Crippen LogP contribution in [-0.2, 0) is 0 Å². The van der Waals surface area contributed by atoms with Crippen LogP contribution in [0.3, 0.4) is 0 Å². The van der Waals surface area contributed by atoms with Crippen LogP contribution < -0.4 is 11.1 Å². The Kier molecular flexibility index (Phi) is 12.8. The predicted octanol–water partition coefficient (Wildman–Crippen LogP) is 2.49. The molecule has 0 heterocycles. The first-order chi connectivity index (χ1) is 6.91. The van der Waals surface area contributed by atoms with Gasteiger partial charge in [-0.2, -0.15) is 0 Å². The van der Waals surface area contributed by atoms with E-state index in [1.807, 2.05) is 0 Å². The van der Waals surface area contributed by atoms with Crippen molar-refractivity contribution in [3.63, 3.8) is 0 Å². The summed E-state index contributed by atoms with van der Waals surface area (Å²) in [5.41, 5.74) is 5.42. The minimum atomic E-state index is 0.846. The van der Waals surface area contributed by atoms with Crippen LogP contribution in [0, 0.1) is 6.92 Å². The molecule has 0 aromatic rings. The minimum Gasteiger partial charge on any atom is -0.330 e. The zero-order chi connectivity index (χ0) is 10.5. The lowest BCUT2D eigenvalue weighted by molar-refractivity contribution is 0.564. The molecule has 1 radical (unpaired) electrons. The molecular formula is C12H27N2. The standard InChI is InChI=1S/C12H27N2/c1-2-3-4-8-11-14-12-9-6-5-7-10-13/h14H,1-13H2. The summed E-state index contributed by atoms with van der Waals surface area (Å²) in [6.45, 7) is 7.03. The van der Waals surface area contributed by atoms with Crippen molar-refractivity contribution in [1.29, 1.82) is 0 Å².